The zero-order valence-corrected chi connectivity index (χ0v) is 14.9. The van der Waals surface area contributed by atoms with Gasteiger partial charge in [-0.05, 0) is 31.2 Å². The van der Waals surface area contributed by atoms with Crippen molar-refractivity contribution in [2.75, 3.05) is 34.2 Å². The van der Waals surface area contributed by atoms with E-state index in [1.54, 1.807) is 38.2 Å². The van der Waals surface area contributed by atoms with Crippen LogP contribution in [0.5, 0.6) is 5.75 Å². The topological polar surface area (TPSA) is 66.0 Å². The molecule has 0 spiro atoms. The fraction of sp³-hybridized carbons (Fsp3) is 0.500. The summed E-state index contributed by atoms with van der Waals surface area (Å²) < 4.78 is 5.77. The molecule has 0 bridgehead atoms. The summed E-state index contributed by atoms with van der Waals surface area (Å²) in [6.45, 7) is 3.08. The number of amides is 1. The zero-order valence-electron chi connectivity index (χ0n) is 14.1. The Morgan fingerprint density at radius 3 is 2.52 bits per heavy atom. The van der Waals surface area contributed by atoms with Gasteiger partial charge in [0.05, 0.1) is 6.54 Å². The average Bonchev–Trinajstić information content (AvgIpc) is 2.52. The van der Waals surface area contributed by atoms with Crippen molar-refractivity contribution < 1.29 is 9.53 Å². The third kappa shape index (κ3) is 7.74. The zero-order chi connectivity index (χ0) is 17.2. The fourth-order valence-electron chi connectivity index (χ4n) is 1.76. The summed E-state index contributed by atoms with van der Waals surface area (Å²) in [6.07, 6.45) is 0.378. The molecule has 1 aromatic rings. The number of halogens is 1. The summed E-state index contributed by atoms with van der Waals surface area (Å²) in [7, 11) is 5.17. The van der Waals surface area contributed by atoms with E-state index in [0.717, 1.165) is 5.75 Å². The van der Waals surface area contributed by atoms with Gasteiger partial charge in [-0.2, -0.15) is 0 Å². The first-order valence-corrected chi connectivity index (χ1v) is 7.87. The largest absolute Gasteiger partial charge is 0.489 e. The molecule has 0 heterocycles. The molecular formula is C16H25ClN4O2. The van der Waals surface area contributed by atoms with E-state index in [9.17, 15) is 4.79 Å². The summed E-state index contributed by atoms with van der Waals surface area (Å²) in [6, 6.07) is 7.25. The number of carbonyl (C=O) groups is 1. The first kappa shape index (κ1) is 19.1. The highest BCUT2D eigenvalue weighted by Crippen LogP contribution is 2.16. The van der Waals surface area contributed by atoms with Gasteiger partial charge >= 0.3 is 0 Å². The number of carbonyl (C=O) groups excluding carboxylic acids is 1. The van der Waals surface area contributed by atoms with Crippen molar-refractivity contribution in [1.29, 1.82) is 0 Å². The van der Waals surface area contributed by atoms with Gasteiger partial charge < -0.3 is 20.3 Å². The maximum atomic E-state index is 11.5. The Hall–Kier alpha value is -1.95. The minimum Gasteiger partial charge on any atom is -0.489 e. The molecule has 6 nitrogen and oxygen atoms in total. The van der Waals surface area contributed by atoms with Gasteiger partial charge in [0.25, 0.3) is 0 Å². The SMILES string of the molecule is CN=C(NCCC(=O)N(C)C)NCC(C)Oc1ccc(Cl)cc1. The Bertz CT molecular complexity index is 517. The molecule has 1 atom stereocenters. The lowest BCUT2D eigenvalue weighted by atomic mass is 10.3. The summed E-state index contributed by atoms with van der Waals surface area (Å²) in [5, 5.41) is 6.95. The standard InChI is InChI=1S/C16H25ClN4O2/c1-12(23-14-7-5-13(17)6-8-14)11-20-16(18-2)19-10-9-15(22)21(3)4/h5-8,12H,9-11H2,1-4H3,(H2,18,19,20). The molecule has 0 aliphatic carbocycles. The van der Waals surface area contributed by atoms with Crippen LogP contribution in [0, 0.1) is 0 Å². The van der Waals surface area contributed by atoms with Crippen LogP contribution in [0.25, 0.3) is 0 Å². The van der Waals surface area contributed by atoms with Gasteiger partial charge in [0.2, 0.25) is 5.91 Å². The molecular weight excluding hydrogens is 316 g/mol. The summed E-state index contributed by atoms with van der Waals surface area (Å²) >= 11 is 5.84. The Morgan fingerprint density at radius 1 is 1.30 bits per heavy atom. The molecule has 0 aromatic heterocycles. The van der Waals surface area contributed by atoms with E-state index in [1.807, 2.05) is 19.1 Å². The predicted molar refractivity (Wildman–Crippen MR) is 94.2 cm³/mol. The van der Waals surface area contributed by atoms with Crippen LogP contribution in [0.1, 0.15) is 13.3 Å². The van der Waals surface area contributed by atoms with Crippen molar-refractivity contribution in [1.82, 2.24) is 15.5 Å². The van der Waals surface area contributed by atoms with E-state index in [-0.39, 0.29) is 12.0 Å². The van der Waals surface area contributed by atoms with Crippen molar-refractivity contribution in [2.24, 2.45) is 4.99 Å². The molecule has 1 unspecified atom stereocenters. The number of hydrogen-bond donors (Lipinski definition) is 2. The molecule has 1 aromatic carbocycles. The first-order valence-electron chi connectivity index (χ1n) is 7.49. The smallest absolute Gasteiger partial charge is 0.223 e. The molecule has 0 fully saturated rings. The average molecular weight is 341 g/mol. The van der Waals surface area contributed by atoms with E-state index >= 15 is 0 Å². The third-order valence-corrected chi connectivity index (χ3v) is 3.31. The highest BCUT2D eigenvalue weighted by atomic mass is 35.5. The maximum Gasteiger partial charge on any atom is 0.223 e. The van der Waals surface area contributed by atoms with Crippen LogP contribution >= 0.6 is 11.6 Å². The quantitative estimate of drug-likeness (QED) is 0.586. The second-order valence-electron chi connectivity index (χ2n) is 5.30. The van der Waals surface area contributed by atoms with Crippen LogP contribution in [-0.2, 0) is 4.79 Å². The van der Waals surface area contributed by atoms with Crippen LogP contribution in [-0.4, -0.2) is 57.1 Å². The first-order chi connectivity index (χ1) is 10.9. The molecule has 2 N–H and O–H groups in total. The van der Waals surface area contributed by atoms with E-state index in [2.05, 4.69) is 15.6 Å². The van der Waals surface area contributed by atoms with E-state index < -0.39 is 0 Å². The number of aliphatic imine (C=N–C) groups is 1. The van der Waals surface area contributed by atoms with Gasteiger partial charge in [-0.3, -0.25) is 9.79 Å². The number of nitrogens with one attached hydrogen (secondary N) is 2. The molecule has 0 saturated carbocycles. The van der Waals surface area contributed by atoms with E-state index in [0.29, 0.717) is 30.5 Å². The molecule has 0 aliphatic heterocycles. The lowest BCUT2D eigenvalue weighted by molar-refractivity contribution is -0.128. The number of hydrogen-bond acceptors (Lipinski definition) is 3. The van der Waals surface area contributed by atoms with Gasteiger partial charge in [0, 0.05) is 39.1 Å². The Labute approximate surface area is 142 Å². The maximum absolute atomic E-state index is 11.5. The number of nitrogens with zero attached hydrogens (tertiary/aromatic N) is 2. The lowest BCUT2D eigenvalue weighted by Crippen LogP contribution is -2.42. The summed E-state index contributed by atoms with van der Waals surface area (Å²) in [5.74, 6) is 1.48. The fourth-order valence-corrected chi connectivity index (χ4v) is 1.89. The lowest BCUT2D eigenvalue weighted by Gasteiger charge is -2.18. The molecule has 0 saturated heterocycles. The van der Waals surface area contributed by atoms with Crippen molar-refractivity contribution >= 4 is 23.5 Å². The van der Waals surface area contributed by atoms with Gasteiger partial charge in [0.1, 0.15) is 11.9 Å². The number of guanidine groups is 1. The van der Waals surface area contributed by atoms with Crippen molar-refractivity contribution in [3.63, 3.8) is 0 Å². The van der Waals surface area contributed by atoms with Gasteiger partial charge in [-0.15, -0.1) is 0 Å². The molecule has 1 rings (SSSR count). The highest BCUT2D eigenvalue weighted by molar-refractivity contribution is 6.30. The Balaban J connectivity index is 2.30. The van der Waals surface area contributed by atoms with Crippen LogP contribution in [0.15, 0.2) is 29.3 Å². The molecule has 23 heavy (non-hydrogen) atoms. The highest BCUT2D eigenvalue weighted by Gasteiger charge is 2.07. The van der Waals surface area contributed by atoms with Gasteiger partial charge in [0.15, 0.2) is 5.96 Å². The van der Waals surface area contributed by atoms with Crippen molar-refractivity contribution in [3.05, 3.63) is 29.3 Å². The minimum absolute atomic E-state index is 0.0434. The van der Waals surface area contributed by atoms with Crippen LogP contribution in [0.2, 0.25) is 5.02 Å². The summed E-state index contributed by atoms with van der Waals surface area (Å²) in [4.78, 5) is 17.2. The minimum atomic E-state index is -0.0434. The number of ether oxygens (including phenoxy) is 1. The summed E-state index contributed by atoms with van der Waals surface area (Å²) in [5.41, 5.74) is 0. The number of benzene rings is 1. The van der Waals surface area contributed by atoms with Crippen molar-refractivity contribution in [3.8, 4) is 5.75 Å². The van der Waals surface area contributed by atoms with Crippen LogP contribution in [0.3, 0.4) is 0 Å². The van der Waals surface area contributed by atoms with Gasteiger partial charge in [-0.1, -0.05) is 11.6 Å². The van der Waals surface area contributed by atoms with Crippen molar-refractivity contribution in [2.45, 2.75) is 19.4 Å². The van der Waals surface area contributed by atoms with Crippen LogP contribution in [0.4, 0.5) is 0 Å². The number of rotatable bonds is 7. The van der Waals surface area contributed by atoms with E-state index in [1.165, 1.54) is 0 Å². The molecule has 1 amide bonds. The third-order valence-electron chi connectivity index (χ3n) is 3.06. The normalized spacial score (nSPS) is 12.5. The second-order valence-corrected chi connectivity index (χ2v) is 5.74. The van der Waals surface area contributed by atoms with Crippen LogP contribution < -0.4 is 15.4 Å². The monoisotopic (exact) mass is 340 g/mol. The second kappa shape index (κ2) is 9.94. The Morgan fingerprint density at radius 2 is 1.96 bits per heavy atom. The van der Waals surface area contributed by atoms with Gasteiger partial charge in [-0.25, -0.2) is 0 Å². The predicted octanol–water partition coefficient (Wildman–Crippen LogP) is 1.75. The molecule has 128 valence electrons. The molecule has 0 radical (unpaired) electrons. The Kier molecular flexibility index (Phi) is 8.26. The molecule has 7 heteroatoms. The molecule has 0 aliphatic rings. The van der Waals surface area contributed by atoms with E-state index in [4.69, 9.17) is 16.3 Å².